The topological polar surface area (TPSA) is 127 Å². The highest BCUT2D eigenvalue weighted by atomic mass is 32.2. The van der Waals surface area contributed by atoms with Crippen LogP contribution in [0.25, 0.3) is 0 Å². The molecule has 0 spiro atoms. The average molecular weight is 519 g/mol. The van der Waals surface area contributed by atoms with E-state index in [2.05, 4.69) is 24.1 Å². The number of fused-ring (bicyclic) bond motifs is 1. The molecule has 0 saturated carbocycles. The number of nitrogens with one attached hydrogen (secondary N) is 2. The van der Waals surface area contributed by atoms with Crippen LogP contribution < -0.4 is 15.6 Å². The second-order valence-corrected chi connectivity index (χ2v) is 11.0. The number of benzene rings is 2. The number of carbonyl (C=O) groups excluding carboxylic acids is 1. The molecule has 2 N–H and O–H groups in total. The van der Waals surface area contributed by atoms with Crippen LogP contribution in [0, 0.1) is 15.5 Å². The Labute approximate surface area is 217 Å². The van der Waals surface area contributed by atoms with Crippen LogP contribution in [0.2, 0.25) is 0 Å². The van der Waals surface area contributed by atoms with Gasteiger partial charge in [-0.1, -0.05) is 49.9 Å². The van der Waals surface area contributed by atoms with Gasteiger partial charge in [-0.3, -0.25) is 19.7 Å². The molecule has 1 aliphatic heterocycles. The van der Waals surface area contributed by atoms with Gasteiger partial charge in [0, 0.05) is 41.5 Å². The molecule has 1 atom stereocenters. The first kappa shape index (κ1) is 24.8. The minimum Gasteiger partial charge on any atom is -0.497 e. The summed E-state index contributed by atoms with van der Waals surface area (Å²) in [7, 11) is 1.58. The zero-order valence-corrected chi connectivity index (χ0v) is 21.5. The van der Waals surface area contributed by atoms with Gasteiger partial charge >= 0.3 is 0 Å². The molecule has 190 valence electrons. The fraction of sp³-hybridized carbons (Fsp3) is 0.296. The molecule has 0 saturated heterocycles. The number of aromatic nitrogens is 2. The number of H-pyrrole nitrogens is 1. The maximum atomic E-state index is 13.5. The average Bonchev–Trinajstić information content (AvgIpc) is 2.85. The van der Waals surface area contributed by atoms with Crippen LogP contribution >= 0.6 is 11.8 Å². The smallest absolute Gasteiger partial charge is 0.269 e. The van der Waals surface area contributed by atoms with Crippen LogP contribution in [0.1, 0.15) is 49.3 Å². The number of aromatic amines is 1. The third kappa shape index (κ3) is 4.89. The van der Waals surface area contributed by atoms with Gasteiger partial charge in [0.1, 0.15) is 11.6 Å². The number of allylic oxidation sites excluding steroid dienone is 2. The third-order valence-electron chi connectivity index (χ3n) is 6.62. The molecule has 2 aliphatic rings. The highest BCUT2D eigenvalue weighted by Crippen LogP contribution is 2.48. The van der Waals surface area contributed by atoms with Crippen molar-refractivity contribution in [3.8, 4) is 5.75 Å². The van der Waals surface area contributed by atoms with E-state index in [1.807, 2.05) is 24.3 Å². The van der Waals surface area contributed by atoms with Crippen LogP contribution in [0.3, 0.4) is 0 Å². The molecule has 0 bridgehead atoms. The number of non-ortho nitro benzene ring substituents is 1. The van der Waals surface area contributed by atoms with Crippen molar-refractivity contribution in [2.75, 3.05) is 12.4 Å². The Balaban J connectivity index is 1.56. The van der Waals surface area contributed by atoms with E-state index >= 15 is 0 Å². The van der Waals surface area contributed by atoms with Crippen LogP contribution in [0.5, 0.6) is 5.75 Å². The van der Waals surface area contributed by atoms with E-state index in [1.54, 1.807) is 19.2 Å². The summed E-state index contributed by atoms with van der Waals surface area (Å²) < 4.78 is 5.41. The van der Waals surface area contributed by atoms with E-state index in [0.717, 1.165) is 16.8 Å². The number of nitro benzene ring substituents is 1. The number of nitrogens with zero attached hydrogens (tertiary/aromatic N) is 2. The van der Waals surface area contributed by atoms with Crippen molar-refractivity contribution >= 4 is 29.1 Å². The number of anilines is 1. The molecule has 0 fully saturated rings. The molecule has 9 nitrogen and oxygen atoms in total. The molecule has 3 aromatic rings. The zero-order valence-electron chi connectivity index (χ0n) is 20.7. The van der Waals surface area contributed by atoms with Crippen LogP contribution in [0.15, 0.2) is 69.8 Å². The normalized spacial score (nSPS) is 18.0. The van der Waals surface area contributed by atoms with Gasteiger partial charge in [-0.15, -0.1) is 0 Å². The molecule has 10 heteroatoms. The summed E-state index contributed by atoms with van der Waals surface area (Å²) in [4.78, 5) is 45.1. The molecule has 5 rings (SSSR count). The van der Waals surface area contributed by atoms with Gasteiger partial charge in [0.25, 0.3) is 11.2 Å². The predicted molar refractivity (Wildman–Crippen MR) is 141 cm³/mol. The largest absolute Gasteiger partial charge is 0.497 e. The fourth-order valence-electron chi connectivity index (χ4n) is 5.03. The molecule has 2 heterocycles. The summed E-state index contributed by atoms with van der Waals surface area (Å²) in [5.74, 6) is 0.888. The minimum atomic E-state index is -0.572. The number of thioether (sulfide) groups is 1. The number of ketones is 1. The van der Waals surface area contributed by atoms with Gasteiger partial charge < -0.3 is 15.0 Å². The summed E-state index contributed by atoms with van der Waals surface area (Å²) in [6, 6.07) is 13.8. The highest BCUT2D eigenvalue weighted by molar-refractivity contribution is 7.98. The molecule has 0 unspecified atom stereocenters. The Morgan fingerprint density at radius 3 is 2.70 bits per heavy atom. The van der Waals surface area contributed by atoms with Crippen molar-refractivity contribution in [1.82, 2.24) is 9.97 Å². The summed E-state index contributed by atoms with van der Waals surface area (Å²) in [5, 5.41) is 14.8. The van der Waals surface area contributed by atoms with E-state index in [4.69, 9.17) is 9.72 Å². The summed E-state index contributed by atoms with van der Waals surface area (Å²) >= 11 is 1.28. The first-order valence-corrected chi connectivity index (χ1v) is 12.8. The Hall–Kier alpha value is -3.92. The van der Waals surface area contributed by atoms with E-state index < -0.39 is 10.8 Å². The van der Waals surface area contributed by atoms with Crippen LogP contribution in [0.4, 0.5) is 11.5 Å². The first-order chi connectivity index (χ1) is 17.6. The van der Waals surface area contributed by atoms with E-state index in [0.29, 0.717) is 46.5 Å². The van der Waals surface area contributed by atoms with E-state index in [-0.39, 0.29) is 22.4 Å². The van der Waals surface area contributed by atoms with Crippen molar-refractivity contribution in [2.24, 2.45) is 5.41 Å². The van der Waals surface area contributed by atoms with Gasteiger partial charge in [-0.05, 0) is 35.1 Å². The van der Waals surface area contributed by atoms with E-state index in [1.165, 1.54) is 23.9 Å². The molecule has 0 amide bonds. The van der Waals surface area contributed by atoms with Crippen LogP contribution in [-0.2, 0) is 10.5 Å². The monoisotopic (exact) mass is 518 g/mol. The number of hydrogen-bond acceptors (Lipinski definition) is 8. The number of nitro groups is 1. The SMILES string of the molecule is COc1cccc([C@@H]2C3=C(CC(C)(C)CC3=O)Nc3nc(SCc4cccc([N+](=O)[O-])c4)[nH]c(=O)c32)c1. The van der Waals surface area contributed by atoms with Gasteiger partial charge in [0.15, 0.2) is 10.9 Å². The molecule has 1 aromatic heterocycles. The Bertz CT molecular complexity index is 1510. The quantitative estimate of drug-likeness (QED) is 0.198. The van der Waals surface area contributed by atoms with Crippen molar-refractivity contribution in [3.63, 3.8) is 0 Å². The van der Waals surface area contributed by atoms with Gasteiger partial charge in [-0.2, -0.15) is 0 Å². The second-order valence-electron chi connectivity index (χ2n) is 10.0. The number of Topliss-reactive ketones (excluding diaryl/α,β-unsaturated/α-hetero) is 1. The van der Waals surface area contributed by atoms with Crippen molar-refractivity contribution in [1.29, 1.82) is 0 Å². The number of methoxy groups -OCH3 is 1. The molecule has 2 aromatic carbocycles. The standard InChI is InChI=1S/C27H26N4O5S/c1-27(2)12-19-22(20(32)13-27)21(16-7-5-9-18(11-16)36-3)23-24(28-19)29-26(30-25(23)33)37-14-15-6-4-8-17(10-15)31(34)35/h4-11,21H,12-14H2,1-3H3,(H2,28,29,30,33)/t21-/m1/s1. The highest BCUT2D eigenvalue weighted by Gasteiger charge is 2.42. The van der Waals surface area contributed by atoms with Crippen molar-refractivity contribution < 1.29 is 14.5 Å². The molecular weight excluding hydrogens is 492 g/mol. The lowest BCUT2D eigenvalue weighted by Gasteiger charge is -2.38. The maximum Gasteiger partial charge on any atom is 0.269 e. The van der Waals surface area contributed by atoms with Crippen LogP contribution in [-0.4, -0.2) is 27.8 Å². The molecule has 37 heavy (non-hydrogen) atoms. The third-order valence-corrected chi connectivity index (χ3v) is 7.57. The zero-order chi connectivity index (χ0) is 26.3. The molecule has 0 radical (unpaired) electrons. The molecule has 1 aliphatic carbocycles. The Kier molecular flexibility index (Phi) is 6.36. The lowest BCUT2D eigenvalue weighted by molar-refractivity contribution is -0.384. The Morgan fingerprint density at radius 1 is 1.16 bits per heavy atom. The second kappa shape index (κ2) is 9.51. The summed E-state index contributed by atoms with van der Waals surface area (Å²) in [5.41, 5.74) is 2.75. The first-order valence-electron chi connectivity index (χ1n) is 11.8. The summed E-state index contributed by atoms with van der Waals surface area (Å²) in [6.07, 6.45) is 1.05. The van der Waals surface area contributed by atoms with Crippen molar-refractivity contribution in [3.05, 3.63) is 97.0 Å². The fourth-order valence-corrected chi connectivity index (χ4v) is 5.83. The Morgan fingerprint density at radius 2 is 1.95 bits per heavy atom. The van der Waals surface area contributed by atoms with E-state index in [9.17, 15) is 19.7 Å². The number of ether oxygens (including phenoxy) is 1. The summed E-state index contributed by atoms with van der Waals surface area (Å²) in [6.45, 7) is 4.11. The predicted octanol–water partition coefficient (Wildman–Crippen LogP) is 5.18. The van der Waals surface area contributed by atoms with Gasteiger partial charge in [0.05, 0.1) is 17.6 Å². The maximum absolute atomic E-state index is 13.5. The lowest BCUT2D eigenvalue weighted by Crippen LogP contribution is -2.37. The molecular formula is C27H26N4O5S. The minimum absolute atomic E-state index is 0.0110. The number of carbonyl (C=O) groups is 1. The number of rotatable bonds is 6. The number of hydrogen-bond donors (Lipinski definition) is 2. The van der Waals surface area contributed by atoms with Crippen molar-refractivity contribution in [2.45, 2.75) is 43.5 Å². The van der Waals surface area contributed by atoms with Gasteiger partial charge in [-0.25, -0.2) is 4.98 Å². The lowest BCUT2D eigenvalue weighted by atomic mass is 9.69. The van der Waals surface area contributed by atoms with Gasteiger partial charge in [0.2, 0.25) is 0 Å².